The molecule has 8 nitrogen and oxygen atoms in total. The third kappa shape index (κ3) is 5.66. The summed E-state index contributed by atoms with van der Waals surface area (Å²) in [4.78, 5) is 12.5. The summed E-state index contributed by atoms with van der Waals surface area (Å²) < 4.78 is 51.9. The van der Waals surface area contributed by atoms with Crippen molar-refractivity contribution >= 4 is 27.8 Å². The van der Waals surface area contributed by atoms with Gasteiger partial charge < -0.3 is 9.47 Å². The van der Waals surface area contributed by atoms with Crippen LogP contribution in [-0.2, 0) is 14.8 Å². The van der Waals surface area contributed by atoms with Gasteiger partial charge in [-0.2, -0.15) is 5.10 Å². The van der Waals surface area contributed by atoms with Gasteiger partial charge in [-0.1, -0.05) is 30.3 Å². The van der Waals surface area contributed by atoms with Crippen molar-refractivity contribution in [3.63, 3.8) is 0 Å². The number of nitrogens with zero attached hydrogens (tertiary/aromatic N) is 2. The smallest absolute Gasteiger partial charge is 0.264 e. The standard InChI is InChI=1S/C23H22FN3O5S/c1-31-18-11-13-19(14-12-18)33(29,30)27(21-9-5-6-10-22(21)32-2)16-23(28)26-25-15-17-7-3-4-8-20(17)24/h3-15H,16H2,1-2H3,(H,26,28)/b25-15-. The number of rotatable bonds is 9. The molecule has 0 heterocycles. The Bertz CT molecular complexity index is 1250. The van der Waals surface area contributed by atoms with Crippen LogP contribution in [0.4, 0.5) is 10.1 Å². The Labute approximate surface area is 191 Å². The van der Waals surface area contributed by atoms with Crippen molar-refractivity contribution in [2.24, 2.45) is 5.10 Å². The lowest BCUT2D eigenvalue weighted by Gasteiger charge is -2.25. The Hall–Kier alpha value is -3.92. The van der Waals surface area contributed by atoms with Crippen LogP contribution >= 0.6 is 0 Å². The van der Waals surface area contributed by atoms with Gasteiger partial charge in [-0.15, -0.1) is 0 Å². The molecule has 3 aromatic carbocycles. The number of carbonyl (C=O) groups excluding carboxylic acids is 1. The summed E-state index contributed by atoms with van der Waals surface area (Å²) in [7, 11) is -1.30. The lowest BCUT2D eigenvalue weighted by atomic mass is 10.2. The first-order valence-electron chi connectivity index (χ1n) is 9.73. The van der Waals surface area contributed by atoms with Crippen LogP contribution in [0.15, 0.2) is 82.8 Å². The summed E-state index contributed by atoms with van der Waals surface area (Å²) >= 11 is 0. The van der Waals surface area contributed by atoms with Gasteiger partial charge >= 0.3 is 0 Å². The van der Waals surface area contributed by atoms with Gasteiger partial charge in [-0.05, 0) is 42.5 Å². The van der Waals surface area contributed by atoms with Crippen LogP contribution in [0.2, 0.25) is 0 Å². The van der Waals surface area contributed by atoms with Crippen LogP contribution < -0.4 is 19.2 Å². The molecule has 0 atom stereocenters. The van der Waals surface area contributed by atoms with Crippen molar-refractivity contribution in [2.45, 2.75) is 4.90 Å². The van der Waals surface area contributed by atoms with E-state index in [-0.39, 0.29) is 21.9 Å². The third-order valence-corrected chi connectivity index (χ3v) is 6.36. The van der Waals surface area contributed by atoms with Crippen molar-refractivity contribution in [2.75, 3.05) is 25.1 Å². The van der Waals surface area contributed by atoms with Crippen LogP contribution in [0.3, 0.4) is 0 Å². The predicted octanol–water partition coefficient (Wildman–Crippen LogP) is 3.19. The summed E-state index contributed by atoms with van der Waals surface area (Å²) in [5.74, 6) is -0.492. The number of methoxy groups -OCH3 is 2. The molecule has 0 saturated carbocycles. The predicted molar refractivity (Wildman–Crippen MR) is 123 cm³/mol. The summed E-state index contributed by atoms with van der Waals surface area (Å²) in [5.41, 5.74) is 2.58. The molecular weight excluding hydrogens is 449 g/mol. The molecule has 3 rings (SSSR count). The van der Waals surface area contributed by atoms with Crippen LogP contribution in [0.25, 0.3) is 0 Å². The number of halogens is 1. The molecule has 0 bridgehead atoms. The number of hydrogen-bond acceptors (Lipinski definition) is 6. The van der Waals surface area contributed by atoms with Gasteiger partial charge in [0.1, 0.15) is 23.9 Å². The van der Waals surface area contributed by atoms with Crippen molar-refractivity contribution < 1.29 is 27.1 Å². The number of benzene rings is 3. The van der Waals surface area contributed by atoms with E-state index in [1.54, 1.807) is 24.3 Å². The lowest BCUT2D eigenvalue weighted by Crippen LogP contribution is -2.39. The van der Waals surface area contributed by atoms with Crippen LogP contribution in [0.1, 0.15) is 5.56 Å². The largest absolute Gasteiger partial charge is 0.497 e. The third-order valence-electron chi connectivity index (χ3n) is 4.59. The number of para-hydroxylation sites is 2. The molecule has 0 aliphatic heterocycles. The fourth-order valence-electron chi connectivity index (χ4n) is 2.93. The Balaban J connectivity index is 1.90. The van der Waals surface area contributed by atoms with E-state index in [1.807, 2.05) is 0 Å². The maximum atomic E-state index is 13.7. The molecule has 1 amide bonds. The van der Waals surface area contributed by atoms with Crippen molar-refractivity contribution in [1.29, 1.82) is 0 Å². The van der Waals surface area contributed by atoms with Gasteiger partial charge in [0.25, 0.3) is 15.9 Å². The molecule has 0 radical (unpaired) electrons. The van der Waals surface area contributed by atoms with Crippen molar-refractivity contribution in [1.82, 2.24) is 5.43 Å². The molecule has 1 N–H and O–H groups in total. The number of hydrazone groups is 1. The second kappa shape index (κ2) is 10.6. The van der Waals surface area contributed by atoms with Crippen molar-refractivity contribution in [3.05, 3.63) is 84.2 Å². The number of sulfonamides is 1. The lowest BCUT2D eigenvalue weighted by molar-refractivity contribution is -0.119. The molecule has 0 spiro atoms. The first-order valence-corrected chi connectivity index (χ1v) is 11.2. The average molecular weight is 472 g/mol. The fourth-order valence-corrected chi connectivity index (χ4v) is 4.36. The molecule has 0 aliphatic carbocycles. The number of hydrogen-bond donors (Lipinski definition) is 1. The van der Waals surface area contributed by atoms with Gasteiger partial charge in [0, 0.05) is 5.56 Å². The van der Waals surface area contributed by atoms with E-state index in [0.29, 0.717) is 5.75 Å². The second-order valence-electron chi connectivity index (χ2n) is 6.67. The molecule has 172 valence electrons. The Morgan fingerprint density at radius 2 is 1.67 bits per heavy atom. The Kier molecular flexibility index (Phi) is 7.62. The maximum absolute atomic E-state index is 13.7. The quantitative estimate of drug-likeness (QED) is 0.382. The van der Waals surface area contributed by atoms with Crippen molar-refractivity contribution in [3.8, 4) is 11.5 Å². The summed E-state index contributed by atoms with van der Waals surface area (Å²) in [6.07, 6.45) is 1.14. The topological polar surface area (TPSA) is 97.3 Å². The average Bonchev–Trinajstić information content (AvgIpc) is 2.83. The van der Waals surface area contributed by atoms with E-state index < -0.39 is 28.3 Å². The second-order valence-corrected chi connectivity index (χ2v) is 8.54. The molecule has 10 heteroatoms. The summed E-state index contributed by atoms with van der Waals surface area (Å²) in [6.45, 7) is -0.594. The van der Waals surface area contributed by atoms with E-state index in [4.69, 9.17) is 9.47 Å². The number of anilines is 1. The van der Waals surface area contributed by atoms with E-state index in [2.05, 4.69) is 10.5 Å². The minimum atomic E-state index is -4.17. The first-order chi connectivity index (χ1) is 15.9. The van der Waals surface area contributed by atoms with Crippen LogP contribution in [0, 0.1) is 5.82 Å². The van der Waals surface area contributed by atoms with Gasteiger partial charge in [-0.3, -0.25) is 9.10 Å². The Morgan fingerprint density at radius 3 is 2.33 bits per heavy atom. The minimum Gasteiger partial charge on any atom is -0.497 e. The Morgan fingerprint density at radius 1 is 1.00 bits per heavy atom. The molecule has 0 saturated heterocycles. The normalized spacial score (nSPS) is 11.2. The number of amides is 1. The highest BCUT2D eigenvalue weighted by molar-refractivity contribution is 7.92. The van der Waals surface area contributed by atoms with E-state index in [9.17, 15) is 17.6 Å². The van der Waals surface area contributed by atoms with Gasteiger partial charge in [0.15, 0.2) is 0 Å². The van der Waals surface area contributed by atoms with Crippen LogP contribution in [-0.4, -0.2) is 41.3 Å². The highest BCUT2D eigenvalue weighted by Gasteiger charge is 2.29. The van der Waals surface area contributed by atoms with Gasteiger partial charge in [-0.25, -0.2) is 18.2 Å². The van der Waals surface area contributed by atoms with E-state index >= 15 is 0 Å². The molecule has 3 aromatic rings. The molecule has 0 fully saturated rings. The zero-order valence-electron chi connectivity index (χ0n) is 17.9. The van der Waals surface area contributed by atoms with Gasteiger partial charge in [0.05, 0.1) is 31.0 Å². The van der Waals surface area contributed by atoms with Gasteiger partial charge in [0.2, 0.25) is 0 Å². The molecular formula is C23H22FN3O5S. The minimum absolute atomic E-state index is 0.0446. The summed E-state index contributed by atoms with van der Waals surface area (Å²) in [5, 5.41) is 3.74. The molecule has 33 heavy (non-hydrogen) atoms. The SMILES string of the molecule is COc1ccc(S(=O)(=O)N(CC(=O)N/N=C\c2ccccc2F)c2ccccc2OC)cc1. The molecule has 0 unspecified atom stereocenters. The highest BCUT2D eigenvalue weighted by Crippen LogP contribution is 2.32. The summed E-state index contributed by atoms with van der Waals surface area (Å²) in [6, 6.07) is 18.1. The number of ether oxygens (including phenoxy) is 2. The number of nitrogens with one attached hydrogen (secondary N) is 1. The highest BCUT2D eigenvalue weighted by atomic mass is 32.2. The zero-order valence-corrected chi connectivity index (χ0v) is 18.8. The number of carbonyl (C=O) groups is 1. The molecule has 0 aliphatic rings. The zero-order chi connectivity index (χ0) is 23.8. The maximum Gasteiger partial charge on any atom is 0.264 e. The van der Waals surface area contributed by atoms with E-state index in [0.717, 1.165) is 10.5 Å². The van der Waals surface area contributed by atoms with E-state index in [1.165, 1.54) is 62.8 Å². The van der Waals surface area contributed by atoms with Crippen LogP contribution in [0.5, 0.6) is 11.5 Å². The fraction of sp³-hybridized carbons (Fsp3) is 0.130. The molecule has 0 aromatic heterocycles. The monoisotopic (exact) mass is 471 g/mol. The first kappa shape index (κ1) is 23.7.